The Hall–Kier alpha value is -0.0805. The van der Waals surface area contributed by atoms with Gasteiger partial charge in [-0.3, -0.25) is 0 Å². The number of halogens is 1. The van der Waals surface area contributed by atoms with Crippen molar-refractivity contribution < 1.29 is 0 Å². The Balaban J connectivity index is 2.69. The zero-order valence-corrected chi connectivity index (χ0v) is 8.74. The molecule has 4 heteroatoms. The molecule has 0 N–H and O–H groups in total. The molecular weight excluding hydrogens is 245 g/mol. The molecule has 1 aromatic carbocycles. The average molecular weight is 249 g/mol. The second-order valence-electron chi connectivity index (χ2n) is 2.02. The predicted molar refractivity (Wildman–Crippen MR) is 50.9 cm³/mol. The summed E-state index contributed by atoms with van der Waals surface area (Å²) < 4.78 is 2.28. The first-order valence-electron chi connectivity index (χ1n) is 3.04. The van der Waals surface area contributed by atoms with Crippen LogP contribution in [0.4, 0.5) is 0 Å². The van der Waals surface area contributed by atoms with Crippen molar-refractivity contribution in [1.29, 1.82) is 0 Å². The summed E-state index contributed by atoms with van der Waals surface area (Å²) in [7, 11) is 5.71. The van der Waals surface area contributed by atoms with Crippen molar-refractivity contribution in [3.63, 3.8) is 0 Å². The average Bonchev–Trinajstić information content (AvgIpc) is 2.46. The number of rotatable bonds is 1. The van der Waals surface area contributed by atoms with Crippen LogP contribution in [0.25, 0.3) is 10.2 Å². The Bertz CT molecular complexity index is 340. The van der Waals surface area contributed by atoms with Crippen LogP contribution in [-0.4, -0.2) is 19.0 Å². The standard InChI is InChI=1S/C7H4ClNSSe/c8-11-7-9-5-3-1-2-4-6(5)10-7/h1-4H. The number of fused-ring (bicyclic) bond motifs is 1. The molecule has 56 valence electrons. The number of hydrogen-bond acceptors (Lipinski definition) is 2. The monoisotopic (exact) mass is 249 g/mol. The number of benzene rings is 1. The molecule has 1 heterocycles. The van der Waals surface area contributed by atoms with Crippen molar-refractivity contribution in [1.82, 2.24) is 4.98 Å². The molecule has 1 aromatic heterocycles. The van der Waals surface area contributed by atoms with E-state index in [2.05, 4.69) is 11.1 Å². The molecule has 0 aliphatic heterocycles. The van der Waals surface area contributed by atoms with Crippen LogP contribution in [0.5, 0.6) is 0 Å². The van der Waals surface area contributed by atoms with E-state index in [9.17, 15) is 0 Å². The molecule has 0 saturated heterocycles. The van der Waals surface area contributed by atoms with Crippen molar-refractivity contribution in [2.75, 3.05) is 0 Å². The maximum absolute atomic E-state index is 5.71. The summed E-state index contributed by atoms with van der Waals surface area (Å²) in [4.78, 5) is 4.35. The first-order valence-corrected chi connectivity index (χ1v) is 6.97. The van der Waals surface area contributed by atoms with E-state index in [1.54, 1.807) is 11.3 Å². The first-order chi connectivity index (χ1) is 5.40. The fourth-order valence-electron chi connectivity index (χ4n) is 0.884. The molecule has 0 aliphatic rings. The van der Waals surface area contributed by atoms with E-state index >= 15 is 0 Å². The SMILES string of the molecule is Cl[Se]c1nc2ccccc2s1. The van der Waals surface area contributed by atoms with E-state index in [4.69, 9.17) is 10.1 Å². The Kier molecular flexibility index (Phi) is 2.14. The van der Waals surface area contributed by atoms with Gasteiger partial charge in [-0.05, 0) is 0 Å². The minimum atomic E-state index is 0.0175. The van der Waals surface area contributed by atoms with E-state index in [0.29, 0.717) is 0 Å². The van der Waals surface area contributed by atoms with Gasteiger partial charge in [0.25, 0.3) is 0 Å². The molecule has 11 heavy (non-hydrogen) atoms. The van der Waals surface area contributed by atoms with Crippen LogP contribution in [0.1, 0.15) is 0 Å². The van der Waals surface area contributed by atoms with Crippen molar-refractivity contribution in [2.24, 2.45) is 0 Å². The normalized spacial score (nSPS) is 10.6. The molecule has 2 aromatic rings. The Morgan fingerprint density at radius 3 is 2.91 bits per heavy atom. The van der Waals surface area contributed by atoms with Gasteiger partial charge in [0.2, 0.25) is 0 Å². The molecule has 1 nitrogen and oxygen atoms in total. The molecule has 0 aliphatic carbocycles. The van der Waals surface area contributed by atoms with Crippen molar-refractivity contribution in [3.05, 3.63) is 24.3 Å². The third-order valence-electron chi connectivity index (χ3n) is 1.34. The molecule has 2 rings (SSSR count). The van der Waals surface area contributed by atoms with Gasteiger partial charge in [0, 0.05) is 0 Å². The fourth-order valence-corrected chi connectivity index (χ4v) is 3.32. The quantitative estimate of drug-likeness (QED) is 0.701. The minimum absolute atomic E-state index is 0.0175. The van der Waals surface area contributed by atoms with Crippen LogP contribution in [0.15, 0.2) is 24.3 Å². The summed E-state index contributed by atoms with van der Waals surface area (Å²) in [6.07, 6.45) is 0. The number of para-hydroxylation sites is 1. The van der Waals surface area contributed by atoms with Gasteiger partial charge in [-0.15, -0.1) is 0 Å². The molecular formula is C7H4ClNSSe. The van der Waals surface area contributed by atoms with Gasteiger partial charge in [-0.2, -0.15) is 0 Å². The first kappa shape index (κ1) is 7.56. The second kappa shape index (κ2) is 3.11. The second-order valence-corrected chi connectivity index (χ2v) is 5.58. The molecule has 0 bridgehead atoms. The third kappa shape index (κ3) is 1.42. The van der Waals surface area contributed by atoms with Gasteiger partial charge >= 0.3 is 78.9 Å². The summed E-state index contributed by atoms with van der Waals surface area (Å²) in [5.41, 5.74) is 1.06. The van der Waals surface area contributed by atoms with E-state index < -0.39 is 0 Å². The number of aromatic nitrogens is 1. The van der Waals surface area contributed by atoms with Crippen molar-refractivity contribution in [3.8, 4) is 0 Å². The van der Waals surface area contributed by atoms with Crippen molar-refractivity contribution in [2.45, 2.75) is 0 Å². The number of nitrogens with zero attached hydrogens (tertiary/aromatic N) is 1. The van der Waals surface area contributed by atoms with E-state index in [1.807, 2.05) is 18.2 Å². The van der Waals surface area contributed by atoms with Gasteiger partial charge in [-0.25, -0.2) is 0 Å². The summed E-state index contributed by atoms with van der Waals surface area (Å²) in [5, 5.41) is 0. The van der Waals surface area contributed by atoms with E-state index in [1.165, 1.54) is 4.70 Å². The molecule has 0 amide bonds. The summed E-state index contributed by atoms with van der Waals surface area (Å²) in [6.45, 7) is 0. The number of hydrogen-bond donors (Lipinski definition) is 0. The summed E-state index contributed by atoms with van der Waals surface area (Å²) in [5.74, 6) is 0. The van der Waals surface area contributed by atoms with Crippen LogP contribution in [0, 0.1) is 0 Å². The van der Waals surface area contributed by atoms with E-state index in [-0.39, 0.29) is 14.0 Å². The molecule has 0 unspecified atom stereocenters. The topological polar surface area (TPSA) is 12.9 Å². The molecule has 0 radical (unpaired) electrons. The van der Waals surface area contributed by atoms with Gasteiger partial charge in [0.1, 0.15) is 0 Å². The Morgan fingerprint density at radius 2 is 2.18 bits per heavy atom. The molecule has 0 atom stereocenters. The fraction of sp³-hybridized carbons (Fsp3) is 0. The van der Waals surface area contributed by atoms with Crippen LogP contribution in [0.3, 0.4) is 0 Å². The zero-order valence-electron chi connectivity index (χ0n) is 5.45. The third-order valence-corrected chi connectivity index (χ3v) is 4.83. The van der Waals surface area contributed by atoms with Crippen LogP contribution >= 0.6 is 21.4 Å². The molecule has 0 saturated carbocycles. The summed E-state index contributed by atoms with van der Waals surface area (Å²) >= 11 is 1.70. The van der Waals surface area contributed by atoms with Crippen LogP contribution in [0.2, 0.25) is 0 Å². The predicted octanol–water partition coefficient (Wildman–Crippen LogP) is 1.78. The summed E-state index contributed by atoms with van der Waals surface area (Å²) in [6, 6.07) is 8.09. The van der Waals surface area contributed by atoms with Gasteiger partial charge < -0.3 is 0 Å². The zero-order chi connectivity index (χ0) is 7.68. The Morgan fingerprint density at radius 1 is 1.36 bits per heavy atom. The number of thiazole rings is 1. The Labute approximate surface area is 78.8 Å². The van der Waals surface area contributed by atoms with Crippen LogP contribution in [-0.2, 0) is 0 Å². The molecule has 0 fully saturated rings. The molecule has 0 spiro atoms. The van der Waals surface area contributed by atoms with Crippen LogP contribution < -0.4 is 3.91 Å². The van der Waals surface area contributed by atoms with Gasteiger partial charge in [0.05, 0.1) is 0 Å². The maximum atomic E-state index is 5.71. The van der Waals surface area contributed by atoms with Crippen molar-refractivity contribution >= 4 is 49.6 Å². The van der Waals surface area contributed by atoms with Gasteiger partial charge in [0.15, 0.2) is 0 Å². The van der Waals surface area contributed by atoms with Gasteiger partial charge in [-0.1, -0.05) is 0 Å². The van der Waals surface area contributed by atoms with E-state index in [0.717, 1.165) is 9.42 Å².